The number of aromatic nitrogens is 1. The normalized spacial score (nSPS) is 18.9. The highest BCUT2D eigenvalue weighted by atomic mass is 16.5. The molecule has 1 aromatic heterocycles. The maximum atomic E-state index is 12.5. The number of pyridine rings is 1. The zero-order chi connectivity index (χ0) is 12.3. The van der Waals surface area contributed by atoms with Crippen molar-refractivity contribution in [1.29, 1.82) is 0 Å². The van der Waals surface area contributed by atoms with E-state index in [1.807, 2.05) is 19.1 Å². The molecule has 3 nitrogen and oxygen atoms in total. The second kappa shape index (κ2) is 4.96. The number of carbonyl (C=O) groups excluding carboxylic acids is 1. The Hall–Kier alpha value is -1.22. The van der Waals surface area contributed by atoms with Crippen LogP contribution in [0.2, 0.25) is 0 Å². The van der Waals surface area contributed by atoms with E-state index in [0.29, 0.717) is 5.56 Å². The summed E-state index contributed by atoms with van der Waals surface area (Å²) in [7, 11) is 1.64. The second-order valence-electron chi connectivity index (χ2n) is 4.78. The van der Waals surface area contributed by atoms with E-state index in [0.717, 1.165) is 31.4 Å². The van der Waals surface area contributed by atoms with E-state index in [-0.39, 0.29) is 5.78 Å². The molecule has 0 radical (unpaired) electrons. The molecule has 3 heteroatoms. The zero-order valence-corrected chi connectivity index (χ0v) is 10.5. The molecule has 1 fully saturated rings. The van der Waals surface area contributed by atoms with Crippen molar-refractivity contribution in [3.05, 3.63) is 29.6 Å². The van der Waals surface area contributed by atoms with Gasteiger partial charge in [-0.05, 0) is 31.9 Å². The summed E-state index contributed by atoms with van der Waals surface area (Å²) < 4.78 is 5.55. The van der Waals surface area contributed by atoms with Gasteiger partial charge in [0.1, 0.15) is 5.60 Å². The molecule has 0 aromatic carbocycles. The molecule has 0 bridgehead atoms. The van der Waals surface area contributed by atoms with Crippen LogP contribution in [-0.4, -0.2) is 23.5 Å². The van der Waals surface area contributed by atoms with Gasteiger partial charge >= 0.3 is 0 Å². The molecular formula is C14H19NO2. The van der Waals surface area contributed by atoms with Crippen LogP contribution in [0, 0.1) is 6.92 Å². The summed E-state index contributed by atoms with van der Waals surface area (Å²) in [5.41, 5.74) is 0.992. The van der Waals surface area contributed by atoms with Gasteiger partial charge < -0.3 is 4.74 Å². The van der Waals surface area contributed by atoms with Crippen molar-refractivity contribution in [1.82, 2.24) is 4.98 Å². The number of Topliss-reactive ketones (excluding diaryl/α,β-unsaturated/α-hetero) is 1. The first-order valence-corrected chi connectivity index (χ1v) is 6.20. The summed E-state index contributed by atoms with van der Waals surface area (Å²) in [5.74, 6) is 0.0900. The average molecular weight is 233 g/mol. The average Bonchev–Trinajstić information content (AvgIpc) is 2.39. The number of ketones is 1. The maximum absolute atomic E-state index is 12.5. The number of methoxy groups -OCH3 is 1. The molecule has 1 aliphatic carbocycles. The van der Waals surface area contributed by atoms with E-state index in [1.165, 1.54) is 6.42 Å². The Morgan fingerprint density at radius 1 is 1.29 bits per heavy atom. The Kier molecular flexibility index (Phi) is 3.57. The molecule has 17 heavy (non-hydrogen) atoms. The number of aryl methyl sites for hydroxylation is 1. The topological polar surface area (TPSA) is 39.2 Å². The predicted octanol–water partition coefficient (Wildman–Crippen LogP) is 2.92. The fraction of sp³-hybridized carbons (Fsp3) is 0.571. The maximum Gasteiger partial charge on any atom is 0.196 e. The molecule has 1 aliphatic rings. The van der Waals surface area contributed by atoms with Gasteiger partial charge in [0, 0.05) is 24.6 Å². The summed E-state index contributed by atoms with van der Waals surface area (Å²) in [6.07, 6.45) is 6.65. The van der Waals surface area contributed by atoms with Gasteiger partial charge in [0.25, 0.3) is 0 Å². The highest BCUT2D eigenvalue weighted by Gasteiger charge is 2.39. The molecule has 0 spiro atoms. The van der Waals surface area contributed by atoms with Crippen LogP contribution in [0.15, 0.2) is 18.3 Å². The number of rotatable bonds is 3. The third-order valence-electron chi connectivity index (χ3n) is 3.64. The van der Waals surface area contributed by atoms with Crippen molar-refractivity contribution in [3.63, 3.8) is 0 Å². The summed E-state index contributed by atoms with van der Waals surface area (Å²) in [6.45, 7) is 1.92. The van der Waals surface area contributed by atoms with Gasteiger partial charge in [-0.25, -0.2) is 0 Å². The first-order chi connectivity index (χ1) is 8.18. The Labute approximate surface area is 102 Å². The van der Waals surface area contributed by atoms with E-state index in [9.17, 15) is 4.79 Å². The van der Waals surface area contributed by atoms with Crippen LogP contribution in [0.25, 0.3) is 0 Å². The lowest BCUT2D eigenvalue weighted by atomic mass is 9.79. The second-order valence-corrected chi connectivity index (χ2v) is 4.78. The third kappa shape index (κ3) is 2.39. The highest BCUT2D eigenvalue weighted by Crippen LogP contribution is 2.33. The number of ether oxygens (including phenoxy) is 1. The molecular weight excluding hydrogens is 214 g/mol. The van der Waals surface area contributed by atoms with Crippen molar-refractivity contribution >= 4 is 5.78 Å². The van der Waals surface area contributed by atoms with Gasteiger partial charge in [0.05, 0.1) is 0 Å². The largest absolute Gasteiger partial charge is 0.370 e. The van der Waals surface area contributed by atoms with Gasteiger partial charge in [-0.1, -0.05) is 19.3 Å². The lowest BCUT2D eigenvalue weighted by Gasteiger charge is -2.34. The first-order valence-electron chi connectivity index (χ1n) is 6.20. The lowest BCUT2D eigenvalue weighted by molar-refractivity contribution is -0.0194. The van der Waals surface area contributed by atoms with Crippen LogP contribution in [0.1, 0.15) is 48.2 Å². The quantitative estimate of drug-likeness (QED) is 0.753. The van der Waals surface area contributed by atoms with E-state index in [2.05, 4.69) is 4.98 Å². The van der Waals surface area contributed by atoms with Gasteiger partial charge in [0.15, 0.2) is 5.78 Å². The summed E-state index contributed by atoms with van der Waals surface area (Å²) in [6, 6.07) is 3.72. The molecule has 0 amide bonds. The predicted molar refractivity (Wildman–Crippen MR) is 66.1 cm³/mol. The highest BCUT2D eigenvalue weighted by molar-refractivity contribution is 6.02. The van der Waals surface area contributed by atoms with Crippen LogP contribution in [0.3, 0.4) is 0 Å². The van der Waals surface area contributed by atoms with E-state index in [4.69, 9.17) is 4.74 Å². The first kappa shape index (κ1) is 12.2. The Bertz CT molecular complexity index is 391. The van der Waals surface area contributed by atoms with Gasteiger partial charge in [0.2, 0.25) is 0 Å². The molecule has 0 N–H and O–H groups in total. The SMILES string of the molecule is COC1(C(=O)c2ccc(C)nc2)CCCCC1. The summed E-state index contributed by atoms with van der Waals surface area (Å²) in [4.78, 5) is 16.7. The smallest absolute Gasteiger partial charge is 0.196 e. The molecule has 1 saturated carbocycles. The van der Waals surface area contributed by atoms with Crippen molar-refractivity contribution < 1.29 is 9.53 Å². The Morgan fingerprint density at radius 2 is 2.00 bits per heavy atom. The monoisotopic (exact) mass is 233 g/mol. The van der Waals surface area contributed by atoms with Crippen LogP contribution in [0.4, 0.5) is 0 Å². The Balaban J connectivity index is 2.25. The van der Waals surface area contributed by atoms with Crippen LogP contribution < -0.4 is 0 Å². The molecule has 0 saturated heterocycles. The summed E-state index contributed by atoms with van der Waals surface area (Å²) in [5, 5.41) is 0. The molecule has 92 valence electrons. The van der Waals surface area contributed by atoms with E-state index in [1.54, 1.807) is 13.3 Å². The van der Waals surface area contributed by atoms with Crippen LogP contribution in [0.5, 0.6) is 0 Å². The fourth-order valence-corrected chi connectivity index (χ4v) is 2.51. The van der Waals surface area contributed by atoms with E-state index >= 15 is 0 Å². The molecule has 1 aromatic rings. The summed E-state index contributed by atoms with van der Waals surface area (Å²) >= 11 is 0. The number of carbonyl (C=O) groups is 1. The molecule has 0 atom stereocenters. The van der Waals surface area contributed by atoms with E-state index < -0.39 is 5.60 Å². The van der Waals surface area contributed by atoms with Gasteiger partial charge in [-0.15, -0.1) is 0 Å². The van der Waals surface area contributed by atoms with Crippen LogP contribution in [-0.2, 0) is 4.74 Å². The fourth-order valence-electron chi connectivity index (χ4n) is 2.51. The minimum Gasteiger partial charge on any atom is -0.370 e. The minimum absolute atomic E-state index is 0.0900. The van der Waals surface area contributed by atoms with Gasteiger partial charge in [-0.3, -0.25) is 9.78 Å². The minimum atomic E-state index is -0.602. The zero-order valence-electron chi connectivity index (χ0n) is 10.5. The lowest BCUT2D eigenvalue weighted by Crippen LogP contribution is -2.42. The molecule has 0 unspecified atom stereocenters. The number of nitrogens with zero attached hydrogens (tertiary/aromatic N) is 1. The number of hydrogen-bond acceptors (Lipinski definition) is 3. The van der Waals surface area contributed by atoms with Crippen molar-refractivity contribution in [2.45, 2.75) is 44.6 Å². The van der Waals surface area contributed by atoms with Crippen molar-refractivity contribution in [2.24, 2.45) is 0 Å². The van der Waals surface area contributed by atoms with Crippen molar-refractivity contribution in [2.75, 3.05) is 7.11 Å². The molecule has 0 aliphatic heterocycles. The third-order valence-corrected chi connectivity index (χ3v) is 3.64. The Morgan fingerprint density at radius 3 is 2.53 bits per heavy atom. The standard InChI is InChI=1S/C14H19NO2/c1-11-6-7-12(10-15-11)13(16)14(17-2)8-4-3-5-9-14/h6-7,10H,3-5,8-9H2,1-2H3. The van der Waals surface area contributed by atoms with Crippen molar-refractivity contribution in [3.8, 4) is 0 Å². The number of hydrogen-bond donors (Lipinski definition) is 0. The molecule has 1 heterocycles. The van der Waals surface area contributed by atoms with Gasteiger partial charge in [-0.2, -0.15) is 0 Å². The molecule has 2 rings (SSSR count). The van der Waals surface area contributed by atoms with Crippen LogP contribution >= 0.6 is 0 Å².